The normalized spacial score (nSPS) is 11.3. The minimum Gasteiger partial charge on any atom is -0.491 e. The van der Waals surface area contributed by atoms with Gasteiger partial charge in [-0.15, -0.1) is 35.3 Å². The molecule has 0 radical (unpaired) electrons. The van der Waals surface area contributed by atoms with Crippen LogP contribution in [0, 0.1) is 6.92 Å². The van der Waals surface area contributed by atoms with Crippen molar-refractivity contribution in [3.63, 3.8) is 0 Å². The molecule has 0 atom stereocenters. The van der Waals surface area contributed by atoms with Crippen molar-refractivity contribution in [3.8, 4) is 5.75 Å². The first-order valence-corrected chi connectivity index (χ1v) is 11.3. The fourth-order valence-corrected chi connectivity index (χ4v) is 3.44. The fraction of sp³-hybridized carbons (Fsp3) is 0.391. The van der Waals surface area contributed by atoms with Crippen molar-refractivity contribution in [2.75, 3.05) is 18.5 Å². The lowest BCUT2D eigenvalue weighted by Gasteiger charge is -2.14. The largest absolute Gasteiger partial charge is 0.491 e. The zero-order chi connectivity index (χ0) is 21.9. The molecule has 2 N–H and O–H groups in total. The van der Waals surface area contributed by atoms with Gasteiger partial charge in [0.2, 0.25) is 0 Å². The quantitative estimate of drug-likeness (QED) is 0.135. The van der Waals surface area contributed by atoms with E-state index in [0.29, 0.717) is 19.8 Å². The molecule has 9 heteroatoms. The van der Waals surface area contributed by atoms with Crippen LogP contribution in [0.1, 0.15) is 36.6 Å². The number of thiazole rings is 1. The SMILES string of the molecule is Cc1ncsc1CN=C(NCCCOCc1ccco1)Nc1ccc(OC(C)C)cc1.I. The number of aryl methyl sites for hydroxylation is 1. The van der Waals surface area contributed by atoms with Crippen LogP contribution >= 0.6 is 35.3 Å². The number of hydrogen-bond acceptors (Lipinski definition) is 6. The lowest BCUT2D eigenvalue weighted by atomic mass is 10.3. The first-order valence-electron chi connectivity index (χ1n) is 10.4. The number of anilines is 1. The zero-order valence-electron chi connectivity index (χ0n) is 18.7. The molecular weight excluding hydrogens is 539 g/mol. The van der Waals surface area contributed by atoms with Crippen molar-refractivity contribution in [1.29, 1.82) is 0 Å². The summed E-state index contributed by atoms with van der Waals surface area (Å²) >= 11 is 1.62. The van der Waals surface area contributed by atoms with Crippen LogP contribution in [0.3, 0.4) is 0 Å². The van der Waals surface area contributed by atoms with Crippen LogP contribution in [-0.4, -0.2) is 30.2 Å². The van der Waals surface area contributed by atoms with E-state index in [-0.39, 0.29) is 30.1 Å². The molecule has 0 spiro atoms. The van der Waals surface area contributed by atoms with Crippen molar-refractivity contribution in [3.05, 3.63) is 64.5 Å². The van der Waals surface area contributed by atoms with Gasteiger partial charge in [0, 0.05) is 23.7 Å². The predicted molar refractivity (Wildman–Crippen MR) is 140 cm³/mol. The van der Waals surface area contributed by atoms with Crippen molar-refractivity contribution in [2.45, 2.75) is 46.4 Å². The van der Waals surface area contributed by atoms with Crippen LogP contribution in [0.25, 0.3) is 0 Å². The number of furan rings is 1. The van der Waals surface area contributed by atoms with Gasteiger partial charge in [0.15, 0.2) is 5.96 Å². The number of hydrogen-bond donors (Lipinski definition) is 2. The molecular formula is C23H31IN4O3S. The highest BCUT2D eigenvalue weighted by atomic mass is 127. The molecule has 0 saturated carbocycles. The molecule has 0 fully saturated rings. The number of aliphatic imine (C=N–C) groups is 1. The zero-order valence-corrected chi connectivity index (χ0v) is 21.8. The average Bonchev–Trinajstić information content (AvgIpc) is 3.41. The van der Waals surface area contributed by atoms with Gasteiger partial charge < -0.3 is 24.5 Å². The predicted octanol–water partition coefficient (Wildman–Crippen LogP) is 5.61. The molecule has 2 aromatic heterocycles. The third-order valence-corrected chi connectivity index (χ3v) is 5.22. The van der Waals surface area contributed by atoms with Gasteiger partial charge in [0.05, 0.1) is 30.1 Å². The van der Waals surface area contributed by atoms with Crippen LogP contribution in [0.2, 0.25) is 0 Å². The highest BCUT2D eigenvalue weighted by Gasteiger charge is 2.05. The Bertz CT molecular complexity index is 927. The molecule has 1 aromatic carbocycles. The summed E-state index contributed by atoms with van der Waals surface area (Å²) in [5.74, 6) is 2.40. The first-order chi connectivity index (χ1) is 15.1. The number of guanidine groups is 1. The Morgan fingerprint density at radius 1 is 1.22 bits per heavy atom. The van der Waals surface area contributed by atoms with Crippen LogP contribution in [-0.2, 0) is 17.9 Å². The average molecular weight is 570 g/mol. The van der Waals surface area contributed by atoms with Gasteiger partial charge in [-0.25, -0.2) is 9.98 Å². The third kappa shape index (κ3) is 9.17. The van der Waals surface area contributed by atoms with E-state index < -0.39 is 0 Å². The minimum absolute atomic E-state index is 0. The number of aromatic nitrogens is 1. The van der Waals surface area contributed by atoms with Gasteiger partial charge in [-0.05, 0) is 63.6 Å². The number of rotatable bonds is 11. The lowest BCUT2D eigenvalue weighted by Crippen LogP contribution is -2.32. The molecule has 0 amide bonds. The van der Waals surface area contributed by atoms with E-state index in [0.717, 1.165) is 46.7 Å². The van der Waals surface area contributed by atoms with Gasteiger partial charge in [-0.1, -0.05) is 0 Å². The third-order valence-electron chi connectivity index (χ3n) is 4.30. The Labute approximate surface area is 210 Å². The second-order valence-electron chi connectivity index (χ2n) is 7.25. The maximum absolute atomic E-state index is 5.71. The standard InChI is InChI=1S/C23H30N4O3S.HI/c1-17(2)30-20-9-7-19(8-10-20)27-23(25-14-22-18(3)26-16-31-22)24-11-5-12-28-15-21-6-4-13-29-21;/h4,6-10,13,16-17H,5,11-12,14-15H2,1-3H3,(H2,24,25,27);1H. The number of nitrogens with one attached hydrogen (secondary N) is 2. The Hall–Kier alpha value is -2.11. The second-order valence-corrected chi connectivity index (χ2v) is 8.19. The summed E-state index contributed by atoms with van der Waals surface area (Å²) in [7, 11) is 0. The van der Waals surface area contributed by atoms with E-state index in [1.165, 1.54) is 0 Å². The van der Waals surface area contributed by atoms with Crippen LogP contribution < -0.4 is 15.4 Å². The van der Waals surface area contributed by atoms with Crippen LogP contribution in [0.5, 0.6) is 5.75 Å². The number of ether oxygens (including phenoxy) is 2. The number of halogens is 1. The molecule has 2 heterocycles. The Kier molecular flexibility index (Phi) is 11.5. The summed E-state index contributed by atoms with van der Waals surface area (Å²) in [6.07, 6.45) is 2.65. The van der Waals surface area contributed by atoms with Gasteiger partial charge in [-0.3, -0.25) is 0 Å². The molecule has 174 valence electrons. The van der Waals surface area contributed by atoms with Crippen LogP contribution in [0.15, 0.2) is 57.6 Å². The molecule has 0 aliphatic heterocycles. The molecule has 3 aromatic rings. The smallest absolute Gasteiger partial charge is 0.196 e. The first kappa shape index (κ1) is 26.1. The molecule has 0 aliphatic rings. The Balaban J connectivity index is 0.00000363. The maximum Gasteiger partial charge on any atom is 0.196 e. The van der Waals surface area contributed by atoms with Crippen molar-refractivity contribution >= 4 is 47.0 Å². The summed E-state index contributed by atoms with van der Waals surface area (Å²) in [4.78, 5) is 10.2. The molecule has 32 heavy (non-hydrogen) atoms. The molecule has 0 bridgehead atoms. The monoisotopic (exact) mass is 570 g/mol. The summed E-state index contributed by atoms with van der Waals surface area (Å²) in [5.41, 5.74) is 3.82. The second kappa shape index (κ2) is 14.1. The lowest BCUT2D eigenvalue weighted by molar-refractivity contribution is 0.105. The topological polar surface area (TPSA) is 80.9 Å². The van der Waals surface area contributed by atoms with E-state index in [2.05, 4.69) is 15.6 Å². The Morgan fingerprint density at radius 2 is 2.03 bits per heavy atom. The summed E-state index contributed by atoms with van der Waals surface area (Å²) in [6.45, 7) is 8.47. The number of nitrogens with zero attached hydrogens (tertiary/aromatic N) is 2. The fourth-order valence-electron chi connectivity index (χ4n) is 2.74. The summed E-state index contributed by atoms with van der Waals surface area (Å²) in [6, 6.07) is 11.6. The number of benzene rings is 1. The van der Waals surface area contributed by atoms with Gasteiger partial charge >= 0.3 is 0 Å². The summed E-state index contributed by atoms with van der Waals surface area (Å²) in [5, 5.41) is 6.75. The van der Waals surface area contributed by atoms with E-state index in [4.69, 9.17) is 18.9 Å². The highest BCUT2D eigenvalue weighted by molar-refractivity contribution is 14.0. The molecule has 7 nitrogen and oxygen atoms in total. The molecule has 0 aliphatic carbocycles. The van der Waals surface area contributed by atoms with E-state index in [9.17, 15) is 0 Å². The summed E-state index contributed by atoms with van der Waals surface area (Å²) < 4.78 is 16.6. The Morgan fingerprint density at radius 3 is 2.69 bits per heavy atom. The van der Waals surface area contributed by atoms with Crippen molar-refractivity contribution < 1.29 is 13.9 Å². The minimum atomic E-state index is 0. The van der Waals surface area contributed by atoms with Gasteiger partial charge in [0.25, 0.3) is 0 Å². The maximum atomic E-state index is 5.71. The molecule has 0 unspecified atom stereocenters. The van der Waals surface area contributed by atoms with Gasteiger partial charge in [0.1, 0.15) is 18.1 Å². The highest BCUT2D eigenvalue weighted by Crippen LogP contribution is 2.17. The van der Waals surface area contributed by atoms with E-state index in [1.807, 2.05) is 62.7 Å². The van der Waals surface area contributed by atoms with Crippen molar-refractivity contribution in [1.82, 2.24) is 10.3 Å². The van der Waals surface area contributed by atoms with Gasteiger partial charge in [-0.2, -0.15) is 0 Å². The van der Waals surface area contributed by atoms with Crippen molar-refractivity contribution in [2.24, 2.45) is 4.99 Å². The van der Waals surface area contributed by atoms with E-state index in [1.54, 1.807) is 17.6 Å². The molecule has 0 saturated heterocycles. The molecule has 3 rings (SSSR count). The van der Waals surface area contributed by atoms with Crippen LogP contribution in [0.4, 0.5) is 5.69 Å². The van der Waals surface area contributed by atoms with E-state index >= 15 is 0 Å².